The first-order valence-corrected chi connectivity index (χ1v) is 14.1. The monoisotopic (exact) mass is 706 g/mol. The summed E-state index contributed by atoms with van der Waals surface area (Å²) in [6, 6.07) is 11.5. The highest BCUT2D eigenvalue weighted by molar-refractivity contribution is 6.11. The molecule has 7 aromatic rings. The first kappa shape index (κ1) is 32.8. The van der Waals surface area contributed by atoms with Gasteiger partial charge in [0.15, 0.2) is 0 Å². The highest BCUT2D eigenvalue weighted by atomic mass is 19.4. The van der Waals surface area contributed by atoms with Crippen LogP contribution in [0.25, 0.3) is 55.0 Å². The Bertz CT molecular complexity index is 2250. The van der Waals surface area contributed by atoms with E-state index in [9.17, 15) is 57.9 Å². The Morgan fingerprint density at radius 2 is 0.700 bits per heavy atom. The molecule has 3 aromatic heterocycles. The van der Waals surface area contributed by atoms with Crippen LogP contribution in [0.2, 0.25) is 0 Å². The quantitative estimate of drug-likeness (QED) is 0.168. The lowest BCUT2D eigenvalue weighted by atomic mass is 10.1. The predicted molar refractivity (Wildman–Crippen MR) is 158 cm³/mol. The zero-order chi connectivity index (χ0) is 36.1. The minimum absolute atomic E-state index is 0.0466. The molecule has 0 spiro atoms. The number of pyridine rings is 1. The Balaban J connectivity index is 1.57. The van der Waals surface area contributed by atoms with E-state index in [1.54, 1.807) is 0 Å². The average Bonchev–Trinajstić information content (AvgIpc) is 3.54. The van der Waals surface area contributed by atoms with E-state index in [4.69, 9.17) is 0 Å². The van der Waals surface area contributed by atoms with Crippen molar-refractivity contribution in [2.45, 2.75) is 24.7 Å². The number of alkyl halides is 12. The second-order valence-electron chi connectivity index (χ2n) is 11.3. The van der Waals surface area contributed by atoms with E-state index < -0.39 is 47.0 Å². The summed E-state index contributed by atoms with van der Waals surface area (Å²) < 4.78 is 167. The van der Waals surface area contributed by atoms with E-state index in [-0.39, 0.29) is 60.5 Å². The van der Waals surface area contributed by atoms with Gasteiger partial charge in [0, 0.05) is 21.5 Å². The molecular formula is C34H14F12N4. The second-order valence-corrected chi connectivity index (χ2v) is 11.3. The van der Waals surface area contributed by atoms with Gasteiger partial charge in [-0.15, -0.1) is 0 Å². The normalized spacial score (nSPS) is 13.2. The van der Waals surface area contributed by atoms with Crippen molar-refractivity contribution in [3.05, 3.63) is 113 Å². The molecule has 0 unspecified atom stereocenters. The molecule has 3 heterocycles. The molecule has 0 fully saturated rings. The summed E-state index contributed by atoms with van der Waals surface area (Å²) >= 11 is 0. The van der Waals surface area contributed by atoms with Crippen LogP contribution in [-0.2, 0) is 24.7 Å². The maximum Gasteiger partial charge on any atom is 0.416 e. The second kappa shape index (κ2) is 10.6. The fraction of sp³-hybridized carbons (Fsp3) is 0.118. The number of benzene rings is 4. The van der Waals surface area contributed by atoms with Crippen molar-refractivity contribution < 1.29 is 52.7 Å². The molecule has 0 saturated carbocycles. The van der Waals surface area contributed by atoms with Gasteiger partial charge >= 0.3 is 24.7 Å². The number of hydrogen-bond acceptors (Lipinski definition) is 2. The molecule has 0 atom stereocenters. The highest BCUT2D eigenvalue weighted by Gasteiger charge is 2.35. The Kier molecular flexibility index (Phi) is 6.98. The van der Waals surface area contributed by atoms with E-state index in [1.165, 1.54) is 9.13 Å². The summed E-state index contributed by atoms with van der Waals surface area (Å²) in [5.74, 6) is 0. The van der Waals surface area contributed by atoms with Crippen molar-refractivity contribution in [1.29, 1.82) is 5.26 Å². The molecule has 0 saturated heterocycles. The zero-order valence-electron chi connectivity index (χ0n) is 24.4. The van der Waals surface area contributed by atoms with Crippen LogP contribution in [0.4, 0.5) is 52.7 Å². The topological polar surface area (TPSA) is 46.5 Å². The molecule has 7 rings (SSSR count). The number of aromatic nitrogens is 3. The van der Waals surface area contributed by atoms with E-state index in [0.29, 0.717) is 48.5 Å². The third-order valence-corrected chi connectivity index (χ3v) is 8.34. The molecule has 4 nitrogen and oxygen atoms in total. The van der Waals surface area contributed by atoms with Crippen molar-refractivity contribution in [2.75, 3.05) is 0 Å². The van der Waals surface area contributed by atoms with E-state index >= 15 is 0 Å². The summed E-state index contributed by atoms with van der Waals surface area (Å²) in [6.45, 7) is 0. The van der Waals surface area contributed by atoms with Gasteiger partial charge in [0.1, 0.15) is 11.6 Å². The number of nitrogens with zero attached hydrogens (tertiary/aromatic N) is 4. The molecule has 0 aliphatic carbocycles. The lowest BCUT2D eigenvalue weighted by Crippen LogP contribution is -2.07. The summed E-state index contributed by atoms with van der Waals surface area (Å²) in [7, 11) is 0. The van der Waals surface area contributed by atoms with Gasteiger partial charge in [0.25, 0.3) is 0 Å². The summed E-state index contributed by atoms with van der Waals surface area (Å²) in [6.07, 6.45) is -17.2. The minimum atomic E-state index is -4.86. The molecule has 0 N–H and O–H groups in total. The lowest BCUT2D eigenvalue weighted by Gasteiger charge is -2.15. The van der Waals surface area contributed by atoms with Crippen LogP contribution in [-0.4, -0.2) is 14.1 Å². The van der Waals surface area contributed by atoms with Gasteiger partial charge in [0.2, 0.25) is 0 Å². The molecule has 0 bridgehead atoms. The van der Waals surface area contributed by atoms with E-state index in [2.05, 4.69) is 4.98 Å². The van der Waals surface area contributed by atoms with Gasteiger partial charge in [-0.25, -0.2) is 0 Å². The standard InChI is InChI=1S/C34H14F12N4/c35-31(36,37)16-1-5-25-20(9-16)21-10-17(32(38,39)40)2-6-26(21)49(25)29-14-48-15-30(24(29)13-47)50-27-7-3-18(33(41,42)43)11-22(27)23-12-19(34(44,45)46)4-8-28(23)50/h1-12,14-15H. The number of halogens is 12. The highest BCUT2D eigenvalue weighted by Crippen LogP contribution is 2.43. The molecule has 254 valence electrons. The predicted octanol–water partition coefficient (Wildman–Crippen LogP) is 11.2. The van der Waals surface area contributed by atoms with Crippen molar-refractivity contribution in [3.8, 4) is 17.4 Å². The largest absolute Gasteiger partial charge is 0.416 e. The number of hydrogen-bond donors (Lipinski definition) is 0. The van der Waals surface area contributed by atoms with Gasteiger partial charge in [-0.2, -0.15) is 57.9 Å². The Morgan fingerprint density at radius 1 is 0.440 bits per heavy atom. The first-order chi connectivity index (χ1) is 23.3. The number of nitriles is 1. The number of fused-ring (bicyclic) bond motifs is 6. The molecule has 16 heteroatoms. The molecule has 0 aliphatic heterocycles. The SMILES string of the molecule is N#Cc1c(-n2c3ccc(C(F)(F)F)cc3c3cc(C(F)(F)F)ccc32)cncc1-n1c2ccc(C(F)(F)F)cc2c2cc(C(F)(F)F)ccc21. The van der Waals surface area contributed by atoms with Crippen molar-refractivity contribution in [3.63, 3.8) is 0 Å². The maximum absolute atomic E-state index is 13.7. The third kappa shape index (κ3) is 5.15. The fourth-order valence-corrected chi connectivity index (χ4v) is 6.16. The summed E-state index contributed by atoms with van der Waals surface area (Å²) in [5, 5.41) is 9.51. The Morgan fingerprint density at radius 3 is 0.920 bits per heavy atom. The van der Waals surface area contributed by atoms with Gasteiger partial charge in [-0.05, 0) is 72.8 Å². The molecule has 4 aromatic carbocycles. The Hall–Kier alpha value is -5.72. The van der Waals surface area contributed by atoms with Crippen LogP contribution in [0.15, 0.2) is 85.2 Å². The molecule has 0 amide bonds. The average molecular weight is 706 g/mol. The van der Waals surface area contributed by atoms with Crippen LogP contribution in [0.5, 0.6) is 0 Å². The van der Waals surface area contributed by atoms with Crippen LogP contribution in [0.3, 0.4) is 0 Å². The Labute approximate surface area is 271 Å². The van der Waals surface area contributed by atoms with Crippen molar-refractivity contribution in [2.24, 2.45) is 0 Å². The van der Waals surface area contributed by atoms with Crippen molar-refractivity contribution in [1.82, 2.24) is 14.1 Å². The molecular weight excluding hydrogens is 692 g/mol. The van der Waals surface area contributed by atoms with Crippen LogP contribution in [0, 0.1) is 11.3 Å². The third-order valence-electron chi connectivity index (χ3n) is 8.34. The molecule has 0 radical (unpaired) electrons. The van der Waals surface area contributed by atoms with Gasteiger partial charge in [-0.3, -0.25) is 4.98 Å². The first-order valence-electron chi connectivity index (χ1n) is 14.1. The fourth-order valence-electron chi connectivity index (χ4n) is 6.16. The smallest absolute Gasteiger partial charge is 0.306 e. The number of rotatable bonds is 2. The van der Waals surface area contributed by atoms with Crippen LogP contribution in [0.1, 0.15) is 27.8 Å². The lowest BCUT2D eigenvalue weighted by molar-refractivity contribution is -0.138. The zero-order valence-corrected chi connectivity index (χ0v) is 24.4. The van der Waals surface area contributed by atoms with E-state index in [0.717, 1.165) is 36.7 Å². The molecule has 0 aliphatic rings. The van der Waals surface area contributed by atoms with Gasteiger partial charge in [-0.1, -0.05) is 0 Å². The van der Waals surface area contributed by atoms with Gasteiger partial charge in [0.05, 0.1) is 68.1 Å². The maximum atomic E-state index is 13.7. The van der Waals surface area contributed by atoms with Gasteiger partial charge < -0.3 is 9.13 Å². The van der Waals surface area contributed by atoms with Crippen LogP contribution < -0.4 is 0 Å². The summed E-state index contributed by atoms with van der Waals surface area (Å²) in [4.78, 5) is 4.15. The van der Waals surface area contributed by atoms with E-state index in [1.807, 2.05) is 6.07 Å². The minimum Gasteiger partial charge on any atom is -0.306 e. The molecule has 50 heavy (non-hydrogen) atoms. The summed E-state index contributed by atoms with van der Waals surface area (Å²) in [5.41, 5.74) is -5.39. The van der Waals surface area contributed by atoms with Crippen molar-refractivity contribution >= 4 is 43.6 Å². The van der Waals surface area contributed by atoms with Crippen LogP contribution >= 0.6 is 0 Å².